The van der Waals surface area contributed by atoms with Crippen LogP contribution in [0.4, 0.5) is 4.39 Å². The van der Waals surface area contributed by atoms with Gasteiger partial charge in [-0.1, -0.05) is 19.1 Å². The van der Waals surface area contributed by atoms with Crippen molar-refractivity contribution in [1.29, 1.82) is 5.26 Å². The minimum atomic E-state index is -4.26. The third-order valence-electron chi connectivity index (χ3n) is 5.26. The van der Waals surface area contributed by atoms with Gasteiger partial charge in [0.15, 0.2) is 0 Å². The predicted octanol–water partition coefficient (Wildman–Crippen LogP) is 2.84. The van der Waals surface area contributed by atoms with Gasteiger partial charge >= 0.3 is 15.9 Å². The molecule has 0 radical (unpaired) electrons. The standard InChI is InChI=1S/C23H21FN6O3S/c1-3-27-34(32,33)30-22(16(2)28(23(30)31)20-6-4-5-18(13-20)14-24)21-11-12-26-29(21)19-9-7-17(15-25)8-10-19/h4-13,27H,3,14H2,1-2H3. The zero-order chi connectivity index (χ0) is 24.5. The highest BCUT2D eigenvalue weighted by Gasteiger charge is 2.29. The Kier molecular flexibility index (Phi) is 6.19. The monoisotopic (exact) mass is 480 g/mol. The Morgan fingerprint density at radius 3 is 2.50 bits per heavy atom. The molecule has 0 atom stereocenters. The van der Waals surface area contributed by atoms with Gasteiger partial charge in [0.2, 0.25) is 0 Å². The Balaban J connectivity index is 2.03. The van der Waals surface area contributed by atoms with Crippen molar-refractivity contribution in [2.75, 3.05) is 6.54 Å². The molecule has 0 spiro atoms. The molecule has 0 saturated carbocycles. The predicted molar refractivity (Wildman–Crippen MR) is 125 cm³/mol. The van der Waals surface area contributed by atoms with Crippen molar-refractivity contribution in [2.45, 2.75) is 20.5 Å². The second-order valence-electron chi connectivity index (χ2n) is 7.41. The fourth-order valence-electron chi connectivity index (χ4n) is 3.79. The zero-order valence-corrected chi connectivity index (χ0v) is 19.3. The van der Waals surface area contributed by atoms with E-state index >= 15 is 0 Å². The Hall–Kier alpha value is -4.01. The summed E-state index contributed by atoms with van der Waals surface area (Å²) in [5, 5.41) is 13.4. The summed E-state index contributed by atoms with van der Waals surface area (Å²) < 4.78 is 45.3. The van der Waals surface area contributed by atoms with E-state index in [9.17, 15) is 17.6 Å². The minimum absolute atomic E-state index is 0.0741. The smallest absolute Gasteiger partial charge is 0.264 e. The second kappa shape index (κ2) is 9.09. The van der Waals surface area contributed by atoms with E-state index in [1.165, 1.54) is 21.5 Å². The van der Waals surface area contributed by atoms with Crippen molar-refractivity contribution in [2.24, 2.45) is 0 Å². The summed E-state index contributed by atoms with van der Waals surface area (Å²) in [6.45, 7) is 2.58. The number of alkyl halides is 1. The van der Waals surface area contributed by atoms with Crippen LogP contribution in [0.5, 0.6) is 0 Å². The van der Waals surface area contributed by atoms with E-state index in [1.807, 2.05) is 6.07 Å². The first kappa shape index (κ1) is 23.2. The van der Waals surface area contributed by atoms with Gasteiger partial charge in [-0.2, -0.15) is 27.5 Å². The number of rotatable bonds is 7. The normalized spacial score (nSPS) is 11.5. The highest BCUT2D eigenvalue weighted by molar-refractivity contribution is 7.88. The van der Waals surface area contributed by atoms with E-state index in [4.69, 9.17) is 5.26 Å². The van der Waals surface area contributed by atoms with Gasteiger partial charge in [0.1, 0.15) is 12.4 Å². The maximum absolute atomic E-state index is 13.5. The maximum Gasteiger partial charge on any atom is 0.348 e. The average molecular weight is 481 g/mol. The quantitative estimate of drug-likeness (QED) is 0.437. The van der Waals surface area contributed by atoms with Crippen molar-refractivity contribution in [3.63, 3.8) is 0 Å². The third-order valence-corrected chi connectivity index (χ3v) is 6.74. The summed E-state index contributed by atoms with van der Waals surface area (Å²) in [6, 6.07) is 16.5. The highest BCUT2D eigenvalue weighted by Crippen LogP contribution is 2.28. The first-order chi connectivity index (χ1) is 16.3. The molecule has 0 saturated heterocycles. The number of imidazole rings is 1. The summed E-state index contributed by atoms with van der Waals surface area (Å²) in [7, 11) is -4.26. The second-order valence-corrected chi connectivity index (χ2v) is 9.01. The molecule has 0 fully saturated rings. The van der Waals surface area contributed by atoms with Crippen LogP contribution in [0.2, 0.25) is 0 Å². The number of nitrogens with one attached hydrogen (secondary N) is 1. The summed E-state index contributed by atoms with van der Waals surface area (Å²) in [6.07, 6.45) is 1.49. The Morgan fingerprint density at radius 1 is 1.12 bits per heavy atom. The van der Waals surface area contributed by atoms with Crippen LogP contribution < -0.4 is 10.4 Å². The third kappa shape index (κ3) is 3.93. The van der Waals surface area contributed by atoms with Gasteiger partial charge in [-0.15, -0.1) is 0 Å². The summed E-state index contributed by atoms with van der Waals surface area (Å²) in [4.78, 5) is 13.5. The van der Waals surface area contributed by atoms with Gasteiger partial charge in [-0.05, 0) is 55.0 Å². The van der Waals surface area contributed by atoms with Gasteiger partial charge in [0.25, 0.3) is 0 Å². The summed E-state index contributed by atoms with van der Waals surface area (Å²) in [5.74, 6) is 0. The fraction of sp³-hybridized carbons (Fsp3) is 0.174. The first-order valence-electron chi connectivity index (χ1n) is 10.4. The van der Waals surface area contributed by atoms with Crippen LogP contribution >= 0.6 is 0 Å². The molecule has 2 aromatic carbocycles. The number of hydrogen-bond donors (Lipinski definition) is 1. The van der Waals surface area contributed by atoms with Crippen LogP contribution in [0, 0.1) is 18.3 Å². The van der Waals surface area contributed by atoms with Gasteiger partial charge in [0.05, 0.1) is 40.6 Å². The molecule has 0 bridgehead atoms. The summed E-state index contributed by atoms with van der Waals surface area (Å²) >= 11 is 0. The number of nitrogens with zero attached hydrogens (tertiary/aromatic N) is 5. The number of aromatic nitrogens is 4. The molecule has 1 N–H and O–H groups in total. The average Bonchev–Trinajstić information content (AvgIpc) is 3.41. The van der Waals surface area contributed by atoms with Crippen molar-refractivity contribution >= 4 is 10.2 Å². The molecule has 34 heavy (non-hydrogen) atoms. The zero-order valence-electron chi connectivity index (χ0n) is 18.4. The Morgan fingerprint density at radius 2 is 1.85 bits per heavy atom. The summed E-state index contributed by atoms with van der Waals surface area (Å²) in [5.41, 5.74) is 1.70. The number of nitriles is 1. The molecule has 0 aliphatic heterocycles. The minimum Gasteiger partial charge on any atom is -0.264 e. The molecular weight excluding hydrogens is 459 g/mol. The molecule has 0 amide bonds. The number of benzene rings is 2. The van der Waals surface area contributed by atoms with E-state index in [2.05, 4.69) is 9.82 Å². The SMILES string of the molecule is CCNS(=O)(=O)n1c(-c2ccnn2-c2ccc(C#N)cc2)c(C)n(-c2cccc(CF)c2)c1=O. The van der Waals surface area contributed by atoms with Crippen molar-refractivity contribution in [1.82, 2.24) is 23.0 Å². The molecule has 2 aromatic heterocycles. The highest BCUT2D eigenvalue weighted by atomic mass is 32.2. The van der Waals surface area contributed by atoms with Crippen LogP contribution in [-0.4, -0.2) is 33.3 Å². The molecular formula is C23H21FN6O3S. The number of halogens is 1. The van der Waals surface area contributed by atoms with Gasteiger partial charge in [-0.3, -0.25) is 4.57 Å². The van der Waals surface area contributed by atoms with Crippen LogP contribution in [0.25, 0.3) is 22.8 Å². The molecule has 0 unspecified atom stereocenters. The fourth-order valence-corrected chi connectivity index (χ4v) is 5.04. The van der Waals surface area contributed by atoms with E-state index in [0.29, 0.717) is 37.9 Å². The van der Waals surface area contributed by atoms with Gasteiger partial charge < -0.3 is 0 Å². The van der Waals surface area contributed by atoms with Gasteiger partial charge in [-0.25, -0.2) is 13.9 Å². The lowest BCUT2D eigenvalue weighted by Gasteiger charge is -2.12. The Bertz CT molecular complexity index is 1560. The van der Waals surface area contributed by atoms with Crippen molar-refractivity contribution < 1.29 is 12.8 Å². The lowest BCUT2D eigenvalue weighted by atomic mass is 10.2. The van der Waals surface area contributed by atoms with Crippen LogP contribution in [0.1, 0.15) is 23.7 Å². The largest absolute Gasteiger partial charge is 0.348 e. The van der Waals surface area contributed by atoms with Crippen molar-refractivity contribution in [3.05, 3.63) is 88.1 Å². The molecule has 0 aliphatic rings. The molecule has 4 rings (SSSR count). The van der Waals surface area contributed by atoms with E-state index in [1.54, 1.807) is 62.4 Å². The molecule has 2 heterocycles. The van der Waals surface area contributed by atoms with Crippen LogP contribution in [-0.2, 0) is 16.9 Å². The van der Waals surface area contributed by atoms with Crippen molar-refractivity contribution in [3.8, 4) is 28.8 Å². The number of hydrogen-bond acceptors (Lipinski definition) is 5. The molecule has 9 nitrogen and oxygen atoms in total. The lowest BCUT2D eigenvalue weighted by molar-refractivity contribution is 0.485. The van der Waals surface area contributed by atoms with E-state index in [-0.39, 0.29) is 12.2 Å². The molecule has 174 valence electrons. The topological polar surface area (TPSA) is 115 Å². The molecule has 0 aliphatic carbocycles. The Labute approximate surface area is 195 Å². The van der Waals surface area contributed by atoms with Crippen LogP contribution in [0.15, 0.2) is 65.6 Å². The van der Waals surface area contributed by atoms with E-state index < -0.39 is 22.6 Å². The first-order valence-corrected chi connectivity index (χ1v) is 11.8. The maximum atomic E-state index is 13.5. The molecule has 11 heteroatoms. The van der Waals surface area contributed by atoms with E-state index in [0.717, 1.165) is 0 Å². The van der Waals surface area contributed by atoms with Crippen LogP contribution in [0.3, 0.4) is 0 Å². The molecule has 4 aromatic rings. The van der Waals surface area contributed by atoms with Gasteiger partial charge in [0, 0.05) is 6.54 Å². The lowest BCUT2D eigenvalue weighted by Crippen LogP contribution is -2.38.